The molecule has 2 N–H and O–H groups in total. The van der Waals surface area contributed by atoms with Gasteiger partial charge < -0.3 is 15.0 Å². The van der Waals surface area contributed by atoms with E-state index in [-0.39, 0.29) is 24.8 Å². The van der Waals surface area contributed by atoms with Crippen LogP contribution in [0.15, 0.2) is 30.3 Å². The molecule has 1 aromatic rings. The lowest BCUT2D eigenvalue weighted by atomic mass is 9.43. The second-order valence-electron chi connectivity index (χ2n) is 7.77. The number of rotatable bonds is 2. The standard InChI is InChI=1S/C17H24BNO2/c1-16(2)12-9-13(16)17(3)14(10-12)20-18(21-17)15(19)11-7-5-4-6-8-11/h4-8,12-15H,9-10,19H2,1-3H3/t12-,13-,14+,15-,17-/m1/s1. The van der Waals surface area contributed by atoms with Crippen molar-refractivity contribution < 1.29 is 9.31 Å². The van der Waals surface area contributed by atoms with Gasteiger partial charge in [0.1, 0.15) is 0 Å². The Morgan fingerprint density at radius 2 is 1.90 bits per heavy atom. The summed E-state index contributed by atoms with van der Waals surface area (Å²) in [6.45, 7) is 6.99. The van der Waals surface area contributed by atoms with Gasteiger partial charge in [0, 0.05) is 0 Å². The van der Waals surface area contributed by atoms with Gasteiger partial charge in [-0.15, -0.1) is 0 Å². The molecule has 1 aliphatic heterocycles. The molecule has 4 aliphatic rings. The lowest BCUT2D eigenvalue weighted by Crippen LogP contribution is -2.65. The third-order valence-corrected chi connectivity index (χ3v) is 6.45. The molecule has 3 nitrogen and oxygen atoms in total. The summed E-state index contributed by atoms with van der Waals surface area (Å²) in [5.41, 5.74) is 7.67. The second-order valence-corrected chi connectivity index (χ2v) is 7.77. The Balaban J connectivity index is 1.57. The van der Waals surface area contributed by atoms with Crippen molar-refractivity contribution >= 4 is 7.12 Å². The quantitative estimate of drug-likeness (QED) is 0.850. The number of benzene rings is 1. The molecule has 0 spiro atoms. The Morgan fingerprint density at radius 3 is 2.57 bits per heavy atom. The average Bonchev–Trinajstić information content (AvgIpc) is 2.84. The lowest BCUT2D eigenvalue weighted by Gasteiger charge is -2.64. The first-order valence-electron chi connectivity index (χ1n) is 8.06. The topological polar surface area (TPSA) is 44.5 Å². The van der Waals surface area contributed by atoms with E-state index < -0.39 is 0 Å². The van der Waals surface area contributed by atoms with Crippen molar-refractivity contribution in [2.24, 2.45) is 23.0 Å². The minimum atomic E-state index is -0.322. The highest BCUT2D eigenvalue weighted by atomic mass is 16.7. The highest BCUT2D eigenvalue weighted by molar-refractivity contribution is 6.47. The Kier molecular flexibility index (Phi) is 2.85. The predicted octanol–water partition coefficient (Wildman–Crippen LogP) is 2.95. The van der Waals surface area contributed by atoms with Gasteiger partial charge in [0.25, 0.3) is 0 Å². The molecule has 4 heteroatoms. The molecule has 0 unspecified atom stereocenters. The molecule has 5 atom stereocenters. The van der Waals surface area contributed by atoms with Gasteiger partial charge in [0.15, 0.2) is 0 Å². The third kappa shape index (κ3) is 1.79. The summed E-state index contributed by atoms with van der Waals surface area (Å²) in [5, 5.41) is 0. The van der Waals surface area contributed by atoms with Crippen molar-refractivity contribution in [2.45, 2.75) is 51.3 Å². The number of hydrogen-bond donors (Lipinski definition) is 1. The zero-order valence-electron chi connectivity index (χ0n) is 13.1. The van der Waals surface area contributed by atoms with Gasteiger partial charge in [0.2, 0.25) is 0 Å². The summed E-state index contributed by atoms with van der Waals surface area (Å²) in [7, 11) is -0.322. The van der Waals surface area contributed by atoms with Gasteiger partial charge in [-0.25, -0.2) is 0 Å². The van der Waals surface area contributed by atoms with E-state index in [0.717, 1.165) is 17.9 Å². The van der Waals surface area contributed by atoms with Crippen LogP contribution in [0.4, 0.5) is 0 Å². The maximum Gasteiger partial charge on any atom is 0.480 e. The molecule has 21 heavy (non-hydrogen) atoms. The van der Waals surface area contributed by atoms with Crippen molar-refractivity contribution in [3.63, 3.8) is 0 Å². The molecule has 0 radical (unpaired) electrons. The predicted molar refractivity (Wildman–Crippen MR) is 83.5 cm³/mol. The Labute approximate surface area is 127 Å². The first-order chi connectivity index (χ1) is 9.93. The second kappa shape index (κ2) is 4.34. The first-order valence-corrected chi connectivity index (χ1v) is 8.06. The van der Waals surface area contributed by atoms with Gasteiger partial charge in [-0.05, 0) is 42.6 Å². The molecular weight excluding hydrogens is 261 g/mol. The normalized spacial score (nSPS) is 41.3. The fraction of sp³-hybridized carbons (Fsp3) is 0.647. The Morgan fingerprint density at radius 1 is 1.19 bits per heavy atom. The van der Waals surface area contributed by atoms with Crippen molar-refractivity contribution in [3.8, 4) is 0 Å². The maximum atomic E-state index is 6.41. The Bertz CT molecular complexity index is 549. The average molecular weight is 285 g/mol. The van der Waals surface area contributed by atoms with Crippen LogP contribution in [0.25, 0.3) is 0 Å². The largest absolute Gasteiger partial charge is 0.480 e. The van der Waals surface area contributed by atoms with E-state index >= 15 is 0 Å². The fourth-order valence-electron chi connectivity index (χ4n) is 4.88. The Hall–Kier alpha value is -0.835. The highest BCUT2D eigenvalue weighted by Crippen LogP contribution is 2.65. The lowest BCUT2D eigenvalue weighted by molar-refractivity contribution is -0.199. The van der Waals surface area contributed by atoms with Crippen LogP contribution in [0, 0.1) is 17.3 Å². The van der Waals surface area contributed by atoms with Crippen molar-refractivity contribution in [1.82, 2.24) is 0 Å². The molecule has 1 saturated heterocycles. The monoisotopic (exact) mass is 285 g/mol. The summed E-state index contributed by atoms with van der Waals surface area (Å²) in [5.74, 6) is 1.14. The molecule has 112 valence electrons. The van der Waals surface area contributed by atoms with Crippen LogP contribution >= 0.6 is 0 Å². The summed E-state index contributed by atoms with van der Waals surface area (Å²) >= 11 is 0. The fourth-order valence-corrected chi connectivity index (χ4v) is 4.88. The minimum Gasteiger partial charge on any atom is -0.404 e. The molecule has 4 fully saturated rings. The summed E-state index contributed by atoms with van der Waals surface area (Å²) in [6.07, 6.45) is 2.59. The van der Waals surface area contributed by atoms with E-state index in [4.69, 9.17) is 15.0 Å². The molecule has 5 rings (SSSR count). The van der Waals surface area contributed by atoms with Crippen molar-refractivity contribution in [2.75, 3.05) is 0 Å². The van der Waals surface area contributed by atoms with Gasteiger partial charge in [0.05, 0.1) is 17.6 Å². The first kappa shape index (κ1) is 13.8. The third-order valence-electron chi connectivity index (χ3n) is 6.45. The van der Waals surface area contributed by atoms with Gasteiger partial charge in [-0.1, -0.05) is 44.2 Å². The summed E-state index contributed by atoms with van der Waals surface area (Å²) in [4.78, 5) is 0. The van der Waals surface area contributed by atoms with E-state index in [1.807, 2.05) is 30.3 Å². The van der Waals surface area contributed by atoms with Crippen molar-refractivity contribution in [1.29, 1.82) is 0 Å². The van der Waals surface area contributed by atoms with Crippen molar-refractivity contribution in [3.05, 3.63) is 35.9 Å². The van der Waals surface area contributed by atoms with Crippen LogP contribution in [0.2, 0.25) is 0 Å². The van der Waals surface area contributed by atoms with Crippen LogP contribution < -0.4 is 5.73 Å². The van der Waals surface area contributed by atoms with Crippen LogP contribution in [0.5, 0.6) is 0 Å². The maximum absolute atomic E-state index is 6.41. The van der Waals surface area contributed by atoms with E-state index in [0.29, 0.717) is 11.3 Å². The zero-order valence-corrected chi connectivity index (χ0v) is 13.1. The van der Waals surface area contributed by atoms with E-state index in [1.165, 1.54) is 6.42 Å². The molecule has 3 aliphatic carbocycles. The van der Waals surface area contributed by atoms with E-state index in [1.54, 1.807) is 0 Å². The highest BCUT2D eigenvalue weighted by Gasteiger charge is 2.68. The molecular formula is C17H24BNO2. The van der Waals surface area contributed by atoms with Crippen LogP contribution in [0.3, 0.4) is 0 Å². The van der Waals surface area contributed by atoms with Crippen LogP contribution in [0.1, 0.15) is 45.1 Å². The number of nitrogens with two attached hydrogens (primary N) is 1. The van der Waals surface area contributed by atoms with E-state index in [2.05, 4.69) is 20.8 Å². The van der Waals surface area contributed by atoms with Gasteiger partial charge in [-0.2, -0.15) is 0 Å². The van der Waals surface area contributed by atoms with Gasteiger partial charge >= 0.3 is 7.12 Å². The molecule has 3 saturated carbocycles. The summed E-state index contributed by atoms with van der Waals surface area (Å²) < 4.78 is 12.6. The molecule has 0 aromatic heterocycles. The molecule has 2 bridgehead atoms. The van der Waals surface area contributed by atoms with Crippen LogP contribution in [-0.2, 0) is 9.31 Å². The van der Waals surface area contributed by atoms with Gasteiger partial charge in [-0.3, -0.25) is 0 Å². The zero-order chi connectivity index (χ0) is 14.8. The minimum absolute atomic E-state index is 0.171. The smallest absolute Gasteiger partial charge is 0.404 e. The van der Waals surface area contributed by atoms with Crippen LogP contribution in [-0.4, -0.2) is 18.8 Å². The number of hydrogen-bond acceptors (Lipinski definition) is 3. The molecule has 1 aromatic carbocycles. The van der Waals surface area contributed by atoms with E-state index in [9.17, 15) is 0 Å². The molecule has 1 heterocycles. The SMILES string of the molecule is CC1(C)[C@H]2C[C@@H]3OB([C@H](N)c4ccccc4)O[C@]3(C)[C@@H]1C2. The summed E-state index contributed by atoms with van der Waals surface area (Å²) in [6, 6.07) is 10.1. The molecule has 0 amide bonds.